The summed E-state index contributed by atoms with van der Waals surface area (Å²) in [7, 11) is 0. The minimum atomic E-state index is 0.00900. The van der Waals surface area contributed by atoms with E-state index in [9.17, 15) is 0 Å². The SMILES string of the molecule is OCCOc1ccc(OCCOc2ccccc2)cc1. The van der Waals surface area contributed by atoms with Crippen molar-refractivity contribution in [3.63, 3.8) is 0 Å². The van der Waals surface area contributed by atoms with Crippen molar-refractivity contribution in [2.45, 2.75) is 0 Å². The van der Waals surface area contributed by atoms with Crippen LogP contribution in [0.25, 0.3) is 0 Å². The van der Waals surface area contributed by atoms with Gasteiger partial charge in [-0.3, -0.25) is 0 Å². The second-order valence-corrected chi connectivity index (χ2v) is 4.05. The van der Waals surface area contributed by atoms with Crippen molar-refractivity contribution in [1.29, 1.82) is 0 Å². The highest BCUT2D eigenvalue weighted by Crippen LogP contribution is 2.17. The van der Waals surface area contributed by atoms with Crippen LogP contribution in [-0.2, 0) is 0 Å². The lowest BCUT2D eigenvalue weighted by Crippen LogP contribution is -2.08. The van der Waals surface area contributed by atoms with Gasteiger partial charge in [-0.1, -0.05) is 18.2 Å². The van der Waals surface area contributed by atoms with E-state index in [1.807, 2.05) is 54.6 Å². The molecule has 4 nitrogen and oxygen atoms in total. The Kier molecular flexibility index (Phi) is 5.73. The van der Waals surface area contributed by atoms with Gasteiger partial charge in [-0.15, -0.1) is 0 Å². The third kappa shape index (κ3) is 4.82. The molecule has 2 aromatic rings. The highest BCUT2D eigenvalue weighted by Gasteiger charge is 1.97. The van der Waals surface area contributed by atoms with E-state index < -0.39 is 0 Å². The Labute approximate surface area is 118 Å². The minimum Gasteiger partial charge on any atom is -0.491 e. The molecule has 1 N–H and O–H groups in total. The predicted molar refractivity (Wildman–Crippen MR) is 76.5 cm³/mol. The molecule has 0 heterocycles. The average Bonchev–Trinajstić information content (AvgIpc) is 2.52. The van der Waals surface area contributed by atoms with Crippen molar-refractivity contribution in [2.24, 2.45) is 0 Å². The Bertz CT molecular complexity index is 482. The van der Waals surface area contributed by atoms with E-state index in [4.69, 9.17) is 19.3 Å². The summed E-state index contributed by atoms with van der Waals surface area (Å²) in [5.41, 5.74) is 0. The van der Waals surface area contributed by atoms with E-state index in [-0.39, 0.29) is 6.61 Å². The molecule has 0 radical (unpaired) electrons. The van der Waals surface area contributed by atoms with Gasteiger partial charge in [-0.25, -0.2) is 0 Å². The molecule has 0 aromatic heterocycles. The first kappa shape index (κ1) is 14.2. The average molecular weight is 274 g/mol. The first-order valence-corrected chi connectivity index (χ1v) is 6.53. The van der Waals surface area contributed by atoms with E-state index in [0.29, 0.717) is 25.6 Å². The van der Waals surface area contributed by atoms with Crippen molar-refractivity contribution in [3.8, 4) is 17.2 Å². The van der Waals surface area contributed by atoms with E-state index in [1.54, 1.807) is 0 Å². The van der Waals surface area contributed by atoms with Gasteiger partial charge >= 0.3 is 0 Å². The first-order chi connectivity index (χ1) is 9.88. The number of para-hydroxylation sites is 1. The number of aliphatic hydroxyl groups excluding tert-OH is 1. The largest absolute Gasteiger partial charge is 0.491 e. The van der Waals surface area contributed by atoms with Crippen LogP contribution in [0.1, 0.15) is 0 Å². The van der Waals surface area contributed by atoms with Crippen LogP contribution in [0.15, 0.2) is 54.6 Å². The molecule has 0 atom stereocenters. The number of hydrogen-bond acceptors (Lipinski definition) is 4. The monoisotopic (exact) mass is 274 g/mol. The Balaban J connectivity index is 1.69. The quantitative estimate of drug-likeness (QED) is 0.751. The molecule has 0 unspecified atom stereocenters. The van der Waals surface area contributed by atoms with Crippen molar-refractivity contribution in [2.75, 3.05) is 26.4 Å². The Morgan fingerprint density at radius 1 is 0.600 bits per heavy atom. The lowest BCUT2D eigenvalue weighted by molar-refractivity contribution is 0.200. The van der Waals surface area contributed by atoms with Gasteiger partial charge in [-0.2, -0.15) is 0 Å². The fraction of sp³-hybridized carbons (Fsp3) is 0.250. The van der Waals surface area contributed by atoms with Crippen molar-refractivity contribution < 1.29 is 19.3 Å². The maximum atomic E-state index is 8.66. The van der Waals surface area contributed by atoms with Crippen LogP contribution in [0.5, 0.6) is 17.2 Å². The summed E-state index contributed by atoms with van der Waals surface area (Å²) in [6.45, 7) is 1.28. The molecule has 0 saturated carbocycles. The molecule has 20 heavy (non-hydrogen) atoms. The summed E-state index contributed by atoms with van der Waals surface area (Å²) in [4.78, 5) is 0. The van der Waals surface area contributed by atoms with Crippen LogP contribution in [0.2, 0.25) is 0 Å². The highest BCUT2D eigenvalue weighted by molar-refractivity contribution is 5.31. The Hall–Kier alpha value is -2.20. The van der Waals surface area contributed by atoms with Gasteiger partial charge in [0.2, 0.25) is 0 Å². The van der Waals surface area contributed by atoms with Crippen LogP contribution >= 0.6 is 0 Å². The fourth-order valence-corrected chi connectivity index (χ4v) is 1.63. The first-order valence-electron chi connectivity index (χ1n) is 6.53. The number of aliphatic hydroxyl groups is 1. The summed E-state index contributed by atoms with van der Waals surface area (Å²) in [6.07, 6.45) is 0. The summed E-state index contributed by atoms with van der Waals surface area (Å²) < 4.78 is 16.3. The summed E-state index contributed by atoms with van der Waals surface area (Å²) in [5, 5.41) is 8.66. The maximum absolute atomic E-state index is 8.66. The fourth-order valence-electron chi connectivity index (χ4n) is 1.63. The molecular weight excluding hydrogens is 256 g/mol. The van der Waals surface area contributed by atoms with E-state index >= 15 is 0 Å². The van der Waals surface area contributed by atoms with Crippen LogP contribution < -0.4 is 14.2 Å². The molecule has 0 spiro atoms. The highest BCUT2D eigenvalue weighted by atomic mass is 16.5. The summed E-state index contributed by atoms with van der Waals surface area (Å²) in [6, 6.07) is 16.9. The molecule has 0 aliphatic carbocycles. The van der Waals surface area contributed by atoms with E-state index in [1.165, 1.54) is 0 Å². The van der Waals surface area contributed by atoms with Crippen molar-refractivity contribution >= 4 is 0 Å². The van der Waals surface area contributed by atoms with Gasteiger partial charge in [0.05, 0.1) is 6.61 Å². The van der Waals surface area contributed by atoms with Crippen molar-refractivity contribution in [1.82, 2.24) is 0 Å². The van der Waals surface area contributed by atoms with Crippen molar-refractivity contribution in [3.05, 3.63) is 54.6 Å². The normalized spacial score (nSPS) is 10.1. The third-order valence-electron chi connectivity index (χ3n) is 2.55. The molecule has 2 rings (SSSR count). The lowest BCUT2D eigenvalue weighted by Gasteiger charge is -2.09. The zero-order chi connectivity index (χ0) is 14.0. The van der Waals surface area contributed by atoms with Crippen LogP contribution in [0.4, 0.5) is 0 Å². The Morgan fingerprint density at radius 3 is 1.55 bits per heavy atom. The summed E-state index contributed by atoms with van der Waals surface area (Å²) >= 11 is 0. The number of benzene rings is 2. The topological polar surface area (TPSA) is 47.9 Å². The zero-order valence-electron chi connectivity index (χ0n) is 11.2. The second kappa shape index (κ2) is 8.07. The van der Waals surface area contributed by atoms with Crippen LogP contribution in [0.3, 0.4) is 0 Å². The lowest BCUT2D eigenvalue weighted by atomic mass is 10.3. The standard InChI is InChI=1S/C16H18O4/c17-10-11-18-15-6-8-16(9-7-15)20-13-12-19-14-4-2-1-3-5-14/h1-9,17H,10-13H2. The van der Waals surface area contributed by atoms with E-state index in [2.05, 4.69) is 0 Å². The second-order valence-electron chi connectivity index (χ2n) is 4.05. The van der Waals surface area contributed by atoms with Gasteiger partial charge in [0.1, 0.15) is 37.1 Å². The van der Waals surface area contributed by atoms with Crippen LogP contribution in [-0.4, -0.2) is 31.5 Å². The molecule has 0 aliphatic heterocycles. The van der Waals surface area contributed by atoms with E-state index in [0.717, 1.165) is 11.5 Å². The van der Waals surface area contributed by atoms with Gasteiger partial charge in [0.15, 0.2) is 0 Å². The minimum absolute atomic E-state index is 0.00900. The smallest absolute Gasteiger partial charge is 0.122 e. The Morgan fingerprint density at radius 2 is 1.05 bits per heavy atom. The molecule has 106 valence electrons. The zero-order valence-corrected chi connectivity index (χ0v) is 11.2. The number of ether oxygens (including phenoxy) is 3. The molecule has 0 aliphatic rings. The molecule has 2 aromatic carbocycles. The van der Waals surface area contributed by atoms with Crippen LogP contribution in [0, 0.1) is 0 Å². The molecule has 4 heteroatoms. The number of rotatable bonds is 8. The molecule has 0 saturated heterocycles. The van der Waals surface area contributed by atoms with Gasteiger partial charge in [0, 0.05) is 0 Å². The molecular formula is C16H18O4. The molecule has 0 amide bonds. The third-order valence-corrected chi connectivity index (χ3v) is 2.55. The maximum Gasteiger partial charge on any atom is 0.122 e. The molecule has 0 fully saturated rings. The van der Waals surface area contributed by atoms with Gasteiger partial charge in [-0.05, 0) is 36.4 Å². The summed E-state index contributed by atoms with van der Waals surface area (Å²) in [5.74, 6) is 2.31. The molecule has 0 bridgehead atoms. The van der Waals surface area contributed by atoms with Gasteiger partial charge in [0.25, 0.3) is 0 Å². The predicted octanol–water partition coefficient (Wildman–Crippen LogP) is 2.52. The number of hydrogen-bond donors (Lipinski definition) is 1. The van der Waals surface area contributed by atoms with Gasteiger partial charge < -0.3 is 19.3 Å².